The van der Waals surface area contributed by atoms with Crippen molar-refractivity contribution in [2.75, 3.05) is 42.3 Å². The third-order valence-electron chi connectivity index (χ3n) is 6.43. The highest BCUT2D eigenvalue weighted by molar-refractivity contribution is 6.06. The van der Waals surface area contributed by atoms with Gasteiger partial charge in [0, 0.05) is 54.5 Å². The summed E-state index contributed by atoms with van der Waals surface area (Å²) in [7, 11) is 2.03. The lowest BCUT2D eigenvalue weighted by molar-refractivity contribution is 0.266. The maximum atomic E-state index is 9.36. The van der Waals surface area contributed by atoms with Gasteiger partial charge in [-0.3, -0.25) is 9.55 Å². The van der Waals surface area contributed by atoms with Gasteiger partial charge in [-0.15, -0.1) is 0 Å². The van der Waals surface area contributed by atoms with Gasteiger partial charge in [0.25, 0.3) is 0 Å². The number of nitrogens with zero attached hydrogens (tertiary/aromatic N) is 5. The van der Waals surface area contributed by atoms with Crippen molar-refractivity contribution in [3.63, 3.8) is 0 Å². The molecule has 5 rings (SSSR count). The molecule has 1 saturated heterocycles. The van der Waals surface area contributed by atoms with Crippen LogP contribution in [0.25, 0.3) is 10.9 Å². The van der Waals surface area contributed by atoms with E-state index in [4.69, 9.17) is 0 Å². The minimum absolute atomic E-state index is 0.0148. The molecule has 9 nitrogen and oxygen atoms in total. The number of pyridine rings is 2. The van der Waals surface area contributed by atoms with Crippen LogP contribution in [-0.4, -0.2) is 64.9 Å². The number of piperidine rings is 1. The first-order valence-electron chi connectivity index (χ1n) is 11.7. The third-order valence-corrected chi connectivity index (χ3v) is 6.43. The van der Waals surface area contributed by atoms with Crippen LogP contribution < -0.4 is 20.9 Å². The topological polar surface area (TPSA) is 103 Å². The molecule has 0 amide bonds. The Hall–Kier alpha value is -3.61. The number of rotatable bonds is 5. The van der Waals surface area contributed by atoms with Gasteiger partial charge in [-0.05, 0) is 45.0 Å². The fraction of sp³-hybridized carbons (Fsp3) is 0.400. The number of hydrogen-bond donors (Lipinski definition) is 4. The molecule has 2 aliphatic heterocycles. The molecule has 3 aromatic heterocycles. The second-order valence-corrected chi connectivity index (χ2v) is 8.75. The summed E-state index contributed by atoms with van der Waals surface area (Å²) >= 11 is 0. The second-order valence-electron chi connectivity index (χ2n) is 8.75. The maximum Gasteiger partial charge on any atom is 0.196 e. The third kappa shape index (κ3) is 4.42. The van der Waals surface area contributed by atoms with E-state index in [0.29, 0.717) is 6.04 Å². The lowest BCUT2D eigenvalue weighted by Crippen LogP contribution is -2.41. The number of aliphatic hydroxyl groups is 1. The average molecular weight is 459 g/mol. The molecule has 0 saturated carbocycles. The first-order chi connectivity index (χ1) is 16.7. The smallest absolute Gasteiger partial charge is 0.196 e. The highest BCUT2D eigenvalue weighted by Gasteiger charge is 2.22. The van der Waals surface area contributed by atoms with Gasteiger partial charge < -0.3 is 26.0 Å². The molecule has 0 aromatic carbocycles. The Morgan fingerprint density at radius 1 is 1.24 bits per heavy atom. The Balaban J connectivity index is 1.33. The van der Waals surface area contributed by atoms with E-state index in [9.17, 15) is 5.11 Å². The quantitative estimate of drug-likeness (QED) is 0.435. The first-order valence-corrected chi connectivity index (χ1v) is 11.7. The number of nitrogens with one attached hydrogen (secondary N) is 3. The Morgan fingerprint density at radius 3 is 2.82 bits per heavy atom. The molecule has 4 N–H and O–H groups in total. The van der Waals surface area contributed by atoms with Gasteiger partial charge in [0.15, 0.2) is 6.29 Å². The van der Waals surface area contributed by atoms with E-state index in [0.717, 1.165) is 59.7 Å². The van der Waals surface area contributed by atoms with E-state index < -0.39 is 0 Å². The molecule has 5 heterocycles. The molecule has 9 heteroatoms. The molecule has 34 heavy (non-hydrogen) atoms. The van der Waals surface area contributed by atoms with Crippen LogP contribution in [0.2, 0.25) is 0 Å². The fourth-order valence-electron chi connectivity index (χ4n) is 4.38. The second kappa shape index (κ2) is 9.71. The summed E-state index contributed by atoms with van der Waals surface area (Å²) in [6, 6.07) is 9.84. The zero-order valence-corrected chi connectivity index (χ0v) is 19.5. The standard InChI is InChI=1S/C25H30N8O/c1-17(16-34)6-12-33-22-15-27-9-5-20(22)21-14-29-25(31-24(21)33)30-23-4-3-19(13-28-23)32-10-7-18(26-2)8-11-32/h3-5,9,13-15,17-18,25-26,31,34H,7-8,10-11,16H2,1-2H3,(H,28,30). The van der Waals surface area contributed by atoms with Gasteiger partial charge in [0.05, 0.1) is 30.2 Å². The average Bonchev–Trinajstić information content (AvgIpc) is 3.20. The largest absolute Gasteiger partial charge is 0.395 e. The molecule has 1 fully saturated rings. The predicted molar refractivity (Wildman–Crippen MR) is 136 cm³/mol. The van der Waals surface area contributed by atoms with Gasteiger partial charge in [0.2, 0.25) is 0 Å². The number of hydrogen-bond acceptors (Lipinski definition) is 8. The van der Waals surface area contributed by atoms with Gasteiger partial charge in [-0.1, -0.05) is 5.92 Å². The summed E-state index contributed by atoms with van der Waals surface area (Å²) in [5.41, 5.74) is 3.01. The molecule has 0 radical (unpaired) electrons. The van der Waals surface area contributed by atoms with E-state index in [1.807, 2.05) is 43.1 Å². The summed E-state index contributed by atoms with van der Waals surface area (Å²) in [4.78, 5) is 15.9. The van der Waals surface area contributed by atoms with E-state index in [1.165, 1.54) is 0 Å². The van der Waals surface area contributed by atoms with Crippen molar-refractivity contribution in [2.45, 2.75) is 32.1 Å². The van der Waals surface area contributed by atoms with Crippen molar-refractivity contribution >= 4 is 34.4 Å². The van der Waals surface area contributed by atoms with Crippen LogP contribution in [0, 0.1) is 17.9 Å². The number of aliphatic hydroxyl groups excluding tert-OH is 1. The minimum Gasteiger partial charge on any atom is -0.395 e. The van der Waals surface area contributed by atoms with E-state index in [1.54, 1.807) is 12.4 Å². The normalized spacial score (nSPS) is 18.7. The zero-order valence-electron chi connectivity index (χ0n) is 19.5. The molecule has 2 atom stereocenters. The van der Waals surface area contributed by atoms with Crippen LogP contribution in [0.15, 0.2) is 41.8 Å². The number of fused-ring (bicyclic) bond motifs is 3. The molecule has 0 spiro atoms. The Labute approximate surface area is 199 Å². The highest BCUT2D eigenvalue weighted by Crippen LogP contribution is 2.31. The van der Waals surface area contributed by atoms with Gasteiger partial charge in [-0.25, -0.2) is 9.98 Å². The first kappa shape index (κ1) is 22.2. The van der Waals surface area contributed by atoms with E-state index in [-0.39, 0.29) is 18.8 Å². The summed E-state index contributed by atoms with van der Waals surface area (Å²) in [5.74, 6) is 4.56. The lowest BCUT2D eigenvalue weighted by atomic mass is 10.1. The van der Waals surface area contributed by atoms with Crippen molar-refractivity contribution in [3.05, 3.63) is 42.4 Å². The van der Waals surface area contributed by atoms with Crippen LogP contribution in [0.5, 0.6) is 0 Å². The molecular formula is C25H30N8O. The zero-order chi connectivity index (χ0) is 23.5. The molecule has 0 bridgehead atoms. The summed E-state index contributed by atoms with van der Waals surface area (Å²) < 4.78 is 1.88. The summed E-state index contributed by atoms with van der Waals surface area (Å²) in [5, 5.41) is 20.5. The SMILES string of the molecule is CNC1CCN(c2ccc(NC3N=Cc4c(n(C#CC(C)CO)c5cnccc45)N3)nc2)CC1. The molecule has 0 aliphatic carbocycles. The Morgan fingerprint density at radius 2 is 2.09 bits per heavy atom. The van der Waals surface area contributed by atoms with Crippen molar-refractivity contribution in [2.24, 2.45) is 10.9 Å². The van der Waals surface area contributed by atoms with Crippen LogP contribution >= 0.6 is 0 Å². The number of aliphatic imine (C=N–C) groups is 1. The number of aromatic nitrogens is 3. The van der Waals surface area contributed by atoms with Gasteiger partial charge in [0.1, 0.15) is 11.6 Å². The Bertz CT molecular complexity index is 1230. The lowest BCUT2D eigenvalue weighted by Gasteiger charge is -2.33. The molecular weight excluding hydrogens is 428 g/mol. The van der Waals surface area contributed by atoms with Crippen molar-refractivity contribution in [1.29, 1.82) is 0 Å². The van der Waals surface area contributed by atoms with E-state index >= 15 is 0 Å². The van der Waals surface area contributed by atoms with Crippen molar-refractivity contribution in [1.82, 2.24) is 19.9 Å². The van der Waals surface area contributed by atoms with Crippen LogP contribution in [-0.2, 0) is 0 Å². The van der Waals surface area contributed by atoms with Crippen LogP contribution in [0.4, 0.5) is 17.3 Å². The number of anilines is 3. The van der Waals surface area contributed by atoms with Crippen LogP contribution in [0.3, 0.4) is 0 Å². The fourth-order valence-corrected chi connectivity index (χ4v) is 4.38. The molecule has 2 unspecified atom stereocenters. The Kier molecular flexibility index (Phi) is 6.34. The highest BCUT2D eigenvalue weighted by atomic mass is 16.3. The van der Waals surface area contributed by atoms with Crippen molar-refractivity contribution < 1.29 is 5.11 Å². The summed E-state index contributed by atoms with van der Waals surface area (Å²) in [6.45, 7) is 3.97. The molecule has 3 aromatic rings. The minimum atomic E-state index is -0.384. The van der Waals surface area contributed by atoms with Crippen molar-refractivity contribution in [3.8, 4) is 12.0 Å². The van der Waals surface area contributed by atoms with E-state index in [2.05, 4.69) is 53.8 Å². The predicted octanol–water partition coefficient (Wildman–Crippen LogP) is 2.30. The molecule has 176 valence electrons. The monoisotopic (exact) mass is 458 g/mol. The summed E-state index contributed by atoms with van der Waals surface area (Å²) in [6.07, 6.45) is 9.24. The van der Waals surface area contributed by atoms with Gasteiger partial charge in [-0.2, -0.15) is 0 Å². The maximum absolute atomic E-state index is 9.36. The van der Waals surface area contributed by atoms with Crippen LogP contribution in [0.1, 0.15) is 25.3 Å². The van der Waals surface area contributed by atoms with Gasteiger partial charge >= 0.3 is 0 Å². The molecule has 2 aliphatic rings.